The molecule has 0 aliphatic rings. The standard InChI is InChI=1S/C24H44N/c1-3-5-6-7-8-9-10-11-12-13-14-15-16-17-21-25-22-18-20-24(23-25)19-4-2/h18,20,22-23H,3-17,19,21H2,1-2H3/q+1. The molecule has 1 heteroatoms. The topological polar surface area (TPSA) is 3.88 Å². The Morgan fingerprint density at radius 1 is 0.640 bits per heavy atom. The average Bonchev–Trinajstić information content (AvgIpc) is 2.63. The van der Waals surface area contributed by atoms with Crippen molar-refractivity contribution in [3.05, 3.63) is 30.1 Å². The van der Waals surface area contributed by atoms with Gasteiger partial charge in [-0.1, -0.05) is 97.3 Å². The molecule has 25 heavy (non-hydrogen) atoms. The summed E-state index contributed by atoms with van der Waals surface area (Å²) in [4.78, 5) is 0. The zero-order chi connectivity index (χ0) is 18.0. The lowest BCUT2D eigenvalue weighted by atomic mass is 10.0. The summed E-state index contributed by atoms with van der Waals surface area (Å²) < 4.78 is 2.38. The molecule has 0 saturated carbocycles. The fourth-order valence-electron chi connectivity index (χ4n) is 3.64. The molecule has 0 unspecified atom stereocenters. The zero-order valence-electron chi connectivity index (χ0n) is 17.3. The van der Waals surface area contributed by atoms with Gasteiger partial charge in [0, 0.05) is 18.1 Å². The second-order valence-electron chi connectivity index (χ2n) is 7.80. The van der Waals surface area contributed by atoms with Crippen LogP contribution in [0.1, 0.15) is 116 Å². The summed E-state index contributed by atoms with van der Waals surface area (Å²) in [5.74, 6) is 0. The molecule has 0 bridgehead atoms. The summed E-state index contributed by atoms with van der Waals surface area (Å²) in [6.07, 6.45) is 27.1. The van der Waals surface area contributed by atoms with Crippen LogP contribution in [0.25, 0.3) is 0 Å². The van der Waals surface area contributed by atoms with E-state index >= 15 is 0 Å². The third-order valence-corrected chi connectivity index (χ3v) is 5.23. The SMILES string of the molecule is CCCCCCCCCCCCCCCC[n+]1cccc(CCC)c1. The highest BCUT2D eigenvalue weighted by Crippen LogP contribution is 2.12. The van der Waals surface area contributed by atoms with Crippen molar-refractivity contribution in [2.24, 2.45) is 0 Å². The molecule has 0 aliphatic carbocycles. The van der Waals surface area contributed by atoms with E-state index in [2.05, 4.69) is 42.9 Å². The van der Waals surface area contributed by atoms with Crippen LogP contribution in [0.5, 0.6) is 0 Å². The van der Waals surface area contributed by atoms with Crippen molar-refractivity contribution in [3.63, 3.8) is 0 Å². The first-order valence-corrected chi connectivity index (χ1v) is 11.3. The highest BCUT2D eigenvalue weighted by Gasteiger charge is 2.02. The molecule has 1 nitrogen and oxygen atoms in total. The van der Waals surface area contributed by atoms with Crippen LogP contribution in [-0.4, -0.2) is 0 Å². The first-order valence-electron chi connectivity index (χ1n) is 11.3. The monoisotopic (exact) mass is 346 g/mol. The maximum absolute atomic E-state index is 2.38. The van der Waals surface area contributed by atoms with Gasteiger partial charge in [0.1, 0.15) is 6.54 Å². The van der Waals surface area contributed by atoms with Gasteiger partial charge in [-0.05, 0) is 18.9 Å². The third-order valence-electron chi connectivity index (χ3n) is 5.23. The Kier molecular flexibility index (Phi) is 14.7. The smallest absolute Gasteiger partial charge is 0.171 e. The van der Waals surface area contributed by atoms with Gasteiger partial charge in [0.25, 0.3) is 0 Å². The number of rotatable bonds is 17. The van der Waals surface area contributed by atoms with Crippen LogP contribution in [0, 0.1) is 0 Å². The maximum Gasteiger partial charge on any atom is 0.171 e. The number of aromatic nitrogens is 1. The van der Waals surface area contributed by atoms with Gasteiger partial charge >= 0.3 is 0 Å². The Bertz CT molecular complexity index is 399. The molecule has 0 saturated heterocycles. The fourth-order valence-corrected chi connectivity index (χ4v) is 3.64. The first-order chi connectivity index (χ1) is 12.4. The van der Waals surface area contributed by atoms with E-state index in [9.17, 15) is 0 Å². The molecule has 0 N–H and O–H groups in total. The van der Waals surface area contributed by atoms with E-state index in [0.29, 0.717) is 0 Å². The zero-order valence-corrected chi connectivity index (χ0v) is 17.3. The summed E-state index contributed by atoms with van der Waals surface area (Å²) in [7, 11) is 0. The van der Waals surface area contributed by atoms with Gasteiger partial charge in [0.15, 0.2) is 12.4 Å². The third kappa shape index (κ3) is 13.1. The minimum Gasteiger partial charge on any atom is -0.205 e. The average molecular weight is 347 g/mol. The molecule has 0 fully saturated rings. The molecule has 0 aliphatic heterocycles. The van der Waals surface area contributed by atoms with E-state index < -0.39 is 0 Å². The van der Waals surface area contributed by atoms with Crippen LogP contribution in [0.15, 0.2) is 24.5 Å². The van der Waals surface area contributed by atoms with E-state index in [1.54, 1.807) is 0 Å². The predicted molar refractivity (Wildman–Crippen MR) is 111 cm³/mol. The minimum absolute atomic E-state index is 1.19. The van der Waals surface area contributed by atoms with Gasteiger partial charge in [-0.2, -0.15) is 0 Å². The molecule has 1 aromatic heterocycles. The summed E-state index contributed by atoms with van der Waals surface area (Å²) in [5, 5.41) is 0. The number of unbranched alkanes of at least 4 members (excludes halogenated alkanes) is 13. The van der Waals surface area contributed by atoms with Crippen molar-refractivity contribution in [2.45, 2.75) is 123 Å². The molecule has 0 aromatic carbocycles. The molecule has 1 heterocycles. The summed E-state index contributed by atoms with van der Waals surface area (Å²) >= 11 is 0. The van der Waals surface area contributed by atoms with Crippen molar-refractivity contribution >= 4 is 0 Å². The van der Waals surface area contributed by atoms with E-state index in [-0.39, 0.29) is 0 Å². The first kappa shape index (κ1) is 22.2. The molecule has 0 radical (unpaired) electrons. The molecule has 1 rings (SSSR count). The lowest BCUT2D eigenvalue weighted by Gasteiger charge is -2.03. The van der Waals surface area contributed by atoms with Crippen molar-refractivity contribution in [2.75, 3.05) is 0 Å². The number of hydrogen-bond acceptors (Lipinski definition) is 0. The van der Waals surface area contributed by atoms with Crippen LogP contribution < -0.4 is 4.57 Å². The summed E-state index contributed by atoms with van der Waals surface area (Å²) in [5.41, 5.74) is 1.48. The largest absolute Gasteiger partial charge is 0.205 e. The lowest BCUT2D eigenvalue weighted by molar-refractivity contribution is -0.697. The molecule has 0 amide bonds. The van der Waals surface area contributed by atoms with Gasteiger partial charge < -0.3 is 0 Å². The molecule has 1 aromatic rings. The van der Waals surface area contributed by atoms with E-state index in [4.69, 9.17) is 0 Å². The normalized spacial score (nSPS) is 11.1. The van der Waals surface area contributed by atoms with Crippen molar-refractivity contribution in [3.8, 4) is 0 Å². The number of hydrogen-bond donors (Lipinski definition) is 0. The minimum atomic E-state index is 1.19. The molecular weight excluding hydrogens is 302 g/mol. The lowest BCUT2D eigenvalue weighted by Crippen LogP contribution is -2.33. The van der Waals surface area contributed by atoms with E-state index in [1.807, 2.05) is 0 Å². The van der Waals surface area contributed by atoms with Crippen LogP contribution in [-0.2, 0) is 13.0 Å². The Labute approximate surface area is 158 Å². The number of nitrogens with zero attached hydrogens (tertiary/aromatic N) is 1. The van der Waals surface area contributed by atoms with Gasteiger partial charge in [0.05, 0.1) is 0 Å². The molecule has 0 spiro atoms. The highest BCUT2D eigenvalue weighted by atomic mass is 14.9. The quantitative estimate of drug-likeness (QED) is 0.204. The number of pyridine rings is 1. The molecule has 144 valence electrons. The van der Waals surface area contributed by atoms with Crippen LogP contribution >= 0.6 is 0 Å². The van der Waals surface area contributed by atoms with E-state index in [1.165, 1.54) is 115 Å². The van der Waals surface area contributed by atoms with Gasteiger partial charge in [-0.3, -0.25) is 0 Å². The fraction of sp³-hybridized carbons (Fsp3) is 0.792. The maximum atomic E-state index is 2.38. The van der Waals surface area contributed by atoms with Crippen molar-refractivity contribution < 1.29 is 4.57 Å². The van der Waals surface area contributed by atoms with Gasteiger partial charge in [0.2, 0.25) is 0 Å². The van der Waals surface area contributed by atoms with Crippen LogP contribution in [0.3, 0.4) is 0 Å². The van der Waals surface area contributed by atoms with Crippen LogP contribution in [0.4, 0.5) is 0 Å². The Balaban J connectivity index is 1.85. The molecular formula is C24H44N+. The Hall–Kier alpha value is -0.850. The van der Waals surface area contributed by atoms with Gasteiger partial charge in [-0.25, -0.2) is 4.57 Å². The van der Waals surface area contributed by atoms with Gasteiger partial charge in [-0.15, -0.1) is 0 Å². The van der Waals surface area contributed by atoms with Crippen molar-refractivity contribution in [1.29, 1.82) is 0 Å². The van der Waals surface area contributed by atoms with E-state index in [0.717, 1.165) is 0 Å². The second kappa shape index (κ2) is 16.6. The number of aryl methyl sites for hydroxylation is 2. The summed E-state index contributed by atoms with van der Waals surface area (Å²) in [6.45, 7) is 5.74. The van der Waals surface area contributed by atoms with Crippen molar-refractivity contribution in [1.82, 2.24) is 0 Å². The Morgan fingerprint density at radius 2 is 1.16 bits per heavy atom. The second-order valence-corrected chi connectivity index (χ2v) is 7.80. The van der Waals surface area contributed by atoms with Crippen LogP contribution in [0.2, 0.25) is 0 Å². The summed E-state index contributed by atoms with van der Waals surface area (Å²) in [6, 6.07) is 4.46. The highest BCUT2D eigenvalue weighted by molar-refractivity contribution is 5.04. The molecule has 0 atom stereocenters. The Morgan fingerprint density at radius 3 is 1.68 bits per heavy atom. The predicted octanol–water partition coefficient (Wildman–Crippen LogP) is 7.41.